The Kier molecular flexibility index (Phi) is 8.87. The molecule has 1 amide bonds. The SMILES string of the molecule is COc1ccc(C(NC(=O)Oc2ccc([N+](=O)[O-])cc2)c2cc(CCC(=O)O)c(OC)cc2OC)cc1. The number of rotatable bonds is 11. The van der Waals surface area contributed by atoms with Crippen molar-refractivity contribution in [1.82, 2.24) is 5.32 Å². The third-order valence-electron chi connectivity index (χ3n) is 5.52. The summed E-state index contributed by atoms with van der Waals surface area (Å²) in [5.41, 5.74) is 1.68. The number of nitro benzene ring substituents is 1. The van der Waals surface area contributed by atoms with E-state index in [9.17, 15) is 19.7 Å². The van der Waals surface area contributed by atoms with Crippen LogP contribution in [0.5, 0.6) is 23.0 Å². The molecule has 0 bridgehead atoms. The molecule has 0 aliphatic heterocycles. The number of amides is 1. The molecule has 0 aromatic heterocycles. The van der Waals surface area contributed by atoms with Gasteiger partial charge in [-0.25, -0.2) is 4.79 Å². The molecule has 0 saturated carbocycles. The molecule has 3 aromatic carbocycles. The molecule has 0 radical (unpaired) electrons. The Morgan fingerprint density at radius 3 is 2.08 bits per heavy atom. The summed E-state index contributed by atoms with van der Waals surface area (Å²) in [6, 6.07) is 14.6. The van der Waals surface area contributed by atoms with Crippen LogP contribution in [0.15, 0.2) is 60.7 Å². The Morgan fingerprint density at radius 2 is 1.54 bits per heavy atom. The minimum absolute atomic E-state index is 0.112. The lowest BCUT2D eigenvalue weighted by Gasteiger charge is -2.23. The van der Waals surface area contributed by atoms with Crippen LogP contribution in [0.2, 0.25) is 0 Å². The maximum Gasteiger partial charge on any atom is 0.413 e. The maximum atomic E-state index is 12.9. The Labute approximate surface area is 212 Å². The molecular formula is C26H26N2O9. The number of ether oxygens (including phenoxy) is 4. The highest BCUT2D eigenvalue weighted by atomic mass is 16.6. The van der Waals surface area contributed by atoms with E-state index in [2.05, 4.69) is 5.32 Å². The van der Waals surface area contributed by atoms with E-state index in [1.165, 1.54) is 45.6 Å². The highest BCUT2D eigenvalue weighted by molar-refractivity contribution is 5.72. The summed E-state index contributed by atoms with van der Waals surface area (Å²) in [5.74, 6) is 0.604. The van der Waals surface area contributed by atoms with Crippen molar-refractivity contribution in [1.29, 1.82) is 0 Å². The number of carbonyl (C=O) groups excluding carboxylic acids is 1. The first kappa shape index (κ1) is 26.8. The van der Waals surface area contributed by atoms with E-state index in [-0.39, 0.29) is 24.3 Å². The molecule has 194 valence electrons. The van der Waals surface area contributed by atoms with Gasteiger partial charge in [-0.3, -0.25) is 14.9 Å². The Morgan fingerprint density at radius 1 is 0.919 bits per heavy atom. The summed E-state index contributed by atoms with van der Waals surface area (Å²) >= 11 is 0. The standard InChI is InChI=1S/C26H26N2O9/c1-34-19-9-4-16(5-10-19)25(27-26(31)37-20-11-7-18(8-12-20)28(32)33)21-14-17(6-13-24(29)30)22(35-2)15-23(21)36-3/h4-5,7-12,14-15,25H,6,13H2,1-3H3,(H,27,31)(H,29,30). The monoisotopic (exact) mass is 510 g/mol. The summed E-state index contributed by atoms with van der Waals surface area (Å²) in [6.07, 6.45) is -0.747. The quantitative estimate of drug-likeness (QED) is 0.281. The first-order valence-corrected chi connectivity index (χ1v) is 11.1. The summed E-state index contributed by atoms with van der Waals surface area (Å²) < 4.78 is 21.6. The average Bonchev–Trinajstić information content (AvgIpc) is 2.90. The Bertz CT molecular complexity index is 1260. The minimum atomic E-state index is -0.962. The van der Waals surface area contributed by atoms with Crippen molar-refractivity contribution in [2.24, 2.45) is 0 Å². The largest absolute Gasteiger partial charge is 0.497 e. The van der Waals surface area contributed by atoms with Crippen LogP contribution in [-0.4, -0.2) is 43.4 Å². The Hall–Kier alpha value is -4.80. The van der Waals surface area contributed by atoms with Gasteiger partial charge in [0.05, 0.1) is 32.3 Å². The number of carbonyl (C=O) groups is 2. The van der Waals surface area contributed by atoms with E-state index in [1.54, 1.807) is 36.4 Å². The molecule has 0 aliphatic rings. The van der Waals surface area contributed by atoms with Crippen LogP contribution in [-0.2, 0) is 11.2 Å². The molecule has 1 unspecified atom stereocenters. The summed E-state index contributed by atoms with van der Waals surface area (Å²) in [4.78, 5) is 34.4. The zero-order valence-corrected chi connectivity index (χ0v) is 20.4. The lowest BCUT2D eigenvalue weighted by Crippen LogP contribution is -2.32. The molecule has 2 N–H and O–H groups in total. The lowest BCUT2D eigenvalue weighted by atomic mass is 9.94. The zero-order chi connectivity index (χ0) is 26.9. The minimum Gasteiger partial charge on any atom is -0.497 e. The van der Waals surface area contributed by atoms with Gasteiger partial charge >= 0.3 is 12.1 Å². The Balaban J connectivity index is 2.00. The number of aliphatic carboxylic acids is 1. The molecule has 11 nitrogen and oxygen atoms in total. The summed E-state index contributed by atoms with van der Waals surface area (Å²) in [5, 5.41) is 22.8. The van der Waals surface area contributed by atoms with Crippen LogP contribution in [0, 0.1) is 10.1 Å². The molecule has 3 rings (SSSR count). The van der Waals surface area contributed by atoms with Crippen molar-refractivity contribution >= 4 is 17.7 Å². The van der Waals surface area contributed by atoms with Crippen LogP contribution in [0.25, 0.3) is 0 Å². The van der Waals surface area contributed by atoms with E-state index in [0.717, 1.165) is 0 Å². The van der Waals surface area contributed by atoms with Gasteiger partial charge in [0, 0.05) is 30.2 Å². The van der Waals surface area contributed by atoms with Crippen molar-refractivity contribution in [3.8, 4) is 23.0 Å². The van der Waals surface area contributed by atoms with E-state index in [4.69, 9.17) is 24.1 Å². The van der Waals surface area contributed by atoms with Crippen LogP contribution in [0.3, 0.4) is 0 Å². The van der Waals surface area contributed by atoms with Gasteiger partial charge in [-0.2, -0.15) is 0 Å². The van der Waals surface area contributed by atoms with Gasteiger partial charge in [0.1, 0.15) is 23.0 Å². The number of carboxylic acid groups (broad SMARTS) is 1. The fourth-order valence-electron chi connectivity index (χ4n) is 3.68. The van der Waals surface area contributed by atoms with Crippen LogP contribution in [0.4, 0.5) is 10.5 Å². The number of methoxy groups -OCH3 is 3. The van der Waals surface area contributed by atoms with E-state index >= 15 is 0 Å². The van der Waals surface area contributed by atoms with Crippen molar-refractivity contribution in [3.63, 3.8) is 0 Å². The number of aryl methyl sites for hydroxylation is 1. The molecule has 0 spiro atoms. The summed E-state index contributed by atoms with van der Waals surface area (Å²) in [7, 11) is 4.47. The third kappa shape index (κ3) is 6.88. The first-order valence-electron chi connectivity index (χ1n) is 11.1. The van der Waals surface area contributed by atoms with E-state index in [0.29, 0.717) is 33.9 Å². The lowest BCUT2D eigenvalue weighted by molar-refractivity contribution is -0.384. The molecule has 0 heterocycles. The van der Waals surface area contributed by atoms with Gasteiger partial charge in [0.15, 0.2) is 0 Å². The van der Waals surface area contributed by atoms with Crippen LogP contribution < -0.4 is 24.3 Å². The molecule has 11 heteroatoms. The van der Waals surface area contributed by atoms with E-state index < -0.39 is 23.0 Å². The first-order chi connectivity index (χ1) is 17.7. The molecule has 3 aromatic rings. The maximum absolute atomic E-state index is 12.9. The van der Waals surface area contributed by atoms with Gasteiger partial charge in [-0.15, -0.1) is 0 Å². The predicted molar refractivity (Wildman–Crippen MR) is 133 cm³/mol. The fraction of sp³-hybridized carbons (Fsp3) is 0.231. The second kappa shape index (κ2) is 12.2. The number of nitrogens with zero attached hydrogens (tertiary/aromatic N) is 1. The van der Waals surface area contributed by atoms with Crippen LogP contribution in [0.1, 0.15) is 29.2 Å². The molecule has 0 fully saturated rings. The van der Waals surface area contributed by atoms with Gasteiger partial charge in [-0.05, 0) is 47.9 Å². The molecule has 0 saturated heterocycles. The smallest absolute Gasteiger partial charge is 0.413 e. The number of benzene rings is 3. The zero-order valence-electron chi connectivity index (χ0n) is 20.4. The highest BCUT2D eigenvalue weighted by Crippen LogP contribution is 2.37. The number of nitrogens with one attached hydrogen (secondary N) is 1. The summed E-state index contributed by atoms with van der Waals surface area (Å²) in [6.45, 7) is 0. The third-order valence-corrected chi connectivity index (χ3v) is 5.52. The van der Waals surface area contributed by atoms with Crippen LogP contribution >= 0.6 is 0 Å². The highest BCUT2D eigenvalue weighted by Gasteiger charge is 2.24. The molecule has 37 heavy (non-hydrogen) atoms. The number of hydrogen-bond acceptors (Lipinski definition) is 8. The van der Waals surface area contributed by atoms with Gasteiger partial charge in [-0.1, -0.05) is 12.1 Å². The van der Waals surface area contributed by atoms with Crippen molar-refractivity contribution in [2.75, 3.05) is 21.3 Å². The second-order valence-corrected chi connectivity index (χ2v) is 7.79. The van der Waals surface area contributed by atoms with Crippen molar-refractivity contribution in [2.45, 2.75) is 18.9 Å². The molecular weight excluding hydrogens is 484 g/mol. The van der Waals surface area contributed by atoms with Gasteiger partial charge < -0.3 is 29.4 Å². The molecule has 1 atom stereocenters. The fourth-order valence-corrected chi connectivity index (χ4v) is 3.68. The predicted octanol–water partition coefficient (Wildman–Crippen LogP) is 4.52. The van der Waals surface area contributed by atoms with Crippen molar-refractivity contribution < 1.29 is 38.6 Å². The topological polar surface area (TPSA) is 146 Å². The van der Waals surface area contributed by atoms with Gasteiger partial charge in [0.25, 0.3) is 5.69 Å². The normalized spacial score (nSPS) is 11.2. The second-order valence-electron chi connectivity index (χ2n) is 7.79. The number of nitro groups is 1. The van der Waals surface area contributed by atoms with Crippen molar-refractivity contribution in [3.05, 3.63) is 87.5 Å². The van der Waals surface area contributed by atoms with E-state index in [1.807, 2.05) is 0 Å². The van der Waals surface area contributed by atoms with Gasteiger partial charge in [0.2, 0.25) is 0 Å². The number of hydrogen-bond donors (Lipinski definition) is 2. The number of non-ortho nitro benzene ring substituents is 1. The number of carboxylic acids is 1. The average molecular weight is 510 g/mol. The molecule has 0 aliphatic carbocycles.